The van der Waals surface area contributed by atoms with Crippen molar-refractivity contribution in [1.82, 2.24) is 0 Å². The predicted molar refractivity (Wildman–Crippen MR) is 65.9 cm³/mol. The normalized spacial score (nSPS) is 10.6. The van der Waals surface area contributed by atoms with Gasteiger partial charge >= 0.3 is 0 Å². The molecule has 0 radical (unpaired) electrons. The van der Waals surface area contributed by atoms with Gasteiger partial charge in [-0.3, -0.25) is 4.79 Å². The minimum absolute atomic E-state index is 0.150. The van der Waals surface area contributed by atoms with Gasteiger partial charge in [0.1, 0.15) is 0 Å². The zero-order valence-corrected chi connectivity index (χ0v) is 10.6. The van der Waals surface area contributed by atoms with Crippen LogP contribution in [-0.2, 0) is 0 Å². The summed E-state index contributed by atoms with van der Waals surface area (Å²) in [7, 11) is 0. The number of rotatable bonds is 2. The molecule has 0 bridgehead atoms. The van der Waals surface area contributed by atoms with E-state index < -0.39 is 28.8 Å². The Balaban J connectivity index is 2.56. The van der Waals surface area contributed by atoms with Gasteiger partial charge in [0.25, 0.3) is 0 Å². The van der Waals surface area contributed by atoms with Crippen molar-refractivity contribution in [3.8, 4) is 0 Å². The van der Waals surface area contributed by atoms with Gasteiger partial charge in [-0.2, -0.15) is 0 Å². The number of halogens is 4. The SMILES string of the molecule is Cc1ccc(Cl)cc1C(=O)c1ccc(F)c(F)c1F. The lowest BCUT2D eigenvalue weighted by atomic mass is 9.98. The van der Waals surface area contributed by atoms with E-state index in [4.69, 9.17) is 11.6 Å². The number of hydrogen-bond donors (Lipinski definition) is 0. The summed E-state index contributed by atoms with van der Waals surface area (Å²) in [5.74, 6) is -5.23. The predicted octanol–water partition coefficient (Wildman–Crippen LogP) is 4.30. The van der Waals surface area contributed by atoms with Crippen LogP contribution in [0.3, 0.4) is 0 Å². The quantitative estimate of drug-likeness (QED) is 0.594. The van der Waals surface area contributed by atoms with E-state index >= 15 is 0 Å². The first kappa shape index (κ1) is 13.6. The average molecular weight is 285 g/mol. The third-order valence-electron chi connectivity index (χ3n) is 2.72. The van der Waals surface area contributed by atoms with Crippen LogP contribution in [0.2, 0.25) is 5.02 Å². The highest BCUT2D eigenvalue weighted by atomic mass is 35.5. The van der Waals surface area contributed by atoms with E-state index in [2.05, 4.69) is 0 Å². The van der Waals surface area contributed by atoms with E-state index in [1.165, 1.54) is 6.07 Å². The lowest BCUT2D eigenvalue weighted by molar-refractivity contribution is 0.103. The Morgan fingerprint density at radius 3 is 2.37 bits per heavy atom. The smallest absolute Gasteiger partial charge is 0.196 e. The van der Waals surface area contributed by atoms with Gasteiger partial charge in [-0.1, -0.05) is 17.7 Å². The maximum Gasteiger partial charge on any atom is 0.196 e. The molecule has 0 unspecified atom stereocenters. The molecule has 5 heteroatoms. The maximum atomic E-state index is 13.6. The van der Waals surface area contributed by atoms with E-state index in [0.29, 0.717) is 16.7 Å². The van der Waals surface area contributed by atoms with Crippen LogP contribution in [-0.4, -0.2) is 5.78 Å². The number of ketones is 1. The third-order valence-corrected chi connectivity index (χ3v) is 2.96. The summed E-state index contributed by atoms with van der Waals surface area (Å²) in [6.45, 7) is 1.64. The molecule has 0 aliphatic rings. The molecule has 2 rings (SSSR count). The third kappa shape index (κ3) is 2.49. The van der Waals surface area contributed by atoms with Crippen LogP contribution in [0.25, 0.3) is 0 Å². The highest BCUT2D eigenvalue weighted by Crippen LogP contribution is 2.22. The molecular formula is C14H8ClF3O. The molecule has 2 aromatic rings. The molecule has 2 aromatic carbocycles. The summed E-state index contributed by atoms with van der Waals surface area (Å²) in [6, 6.07) is 6.16. The highest BCUT2D eigenvalue weighted by molar-refractivity contribution is 6.31. The molecule has 19 heavy (non-hydrogen) atoms. The van der Waals surface area contributed by atoms with Gasteiger partial charge in [0.15, 0.2) is 23.2 Å². The molecule has 0 aliphatic carbocycles. The van der Waals surface area contributed by atoms with Crippen molar-refractivity contribution >= 4 is 17.4 Å². The first-order valence-electron chi connectivity index (χ1n) is 5.36. The lowest BCUT2D eigenvalue weighted by Crippen LogP contribution is -2.08. The van der Waals surface area contributed by atoms with Crippen LogP contribution in [0.15, 0.2) is 30.3 Å². The van der Waals surface area contributed by atoms with Gasteiger partial charge in [-0.15, -0.1) is 0 Å². The number of carbonyl (C=O) groups excluding carboxylic acids is 1. The van der Waals surface area contributed by atoms with Crippen LogP contribution < -0.4 is 0 Å². The molecule has 98 valence electrons. The van der Waals surface area contributed by atoms with Crippen LogP contribution in [0.1, 0.15) is 21.5 Å². The van der Waals surface area contributed by atoms with Crippen LogP contribution in [0.5, 0.6) is 0 Å². The molecule has 0 amide bonds. The number of benzene rings is 2. The zero-order valence-electron chi connectivity index (χ0n) is 9.81. The van der Waals surface area contributed by atoms with E-state index in [1.54, 1.807) is 19.1 Å². The molecule has 0 saturated carbocycles. The van der Waals surface area contributed by atoms with Crippen LogP contribution >= 0.6 is 11.6 Å². The second-order valence-electron chi connectivity index (χ2n) is 4.01. The Kier molecular flexibility index (Phi) is 3.62. The summed E-state index contributed by atoms with van der Waals surface area (Å²) in [6.07, 6.45) is 0. The second kappa shape index (κ2) is 5.05. The number of hydrogen-bond acceptors (Lipinski definition) is 1. The van der Waals surface area contributed by atoms with Crippen molar-refractivity contribution in [1.29, 1.82) is 0 Å². The lowest BCUT2D eigenvalue weighted by Gasteiger charge is -2.07. The van der Waals surface area contributed by atoms with Gasteiger partial charge < -0.3 is 0 Å². The monoisotopic (exact) mass is 284 g/mol. The zero-order chi connectivity index (χ0) is 14.2. The largest absolute Gasteiger partial charge is 0.288 e. The van der Waals surface area contributed by atoms with E-state index in [-0.39, 0.29) is 5.56 Å². The van der Waals surface area contributed by atoms with Crippen LogP contribution in [0.4, 0.5) is 13.2 Å². The van der Waals surface area contributed by atoms with Gasteiger partial charge in [-0.05, 0) is 36.8 Å². The van der Waals surface area contributed by atoms with Crippen molar-refractivity contribution in [3.63, 3.8) is 0 Å². The summed E-state index contributed by atoms with van der Waals surface area (Å²) in [5, 5.41) is 0.303. The summed E-state index contributed by atoms with van der Waals surface area (Å²) in [4.78, 5) is 12.1. The van der Waals surface area contributed by atoms with E-state index in [9.17, 15) is 18.0 Å². The maximum absolute atomic E-state index is 13.6. The fourth-order valence-corrected chi connectivity index (χ4v) is 1.86. The second-order valence-corrected chi connectivity index (χ2v) is 4.45. The first-order valence-corrected chi connectivity index (χ1v) is 5.74. The van der Waals surface area contributed by atoms with Crippen LogP contribution in [0, 0.1) is 24.4 Å². The van der Waals surface area contributed by atoms with E-state index in [0.717, 1.165) is 6.07 Å². The van der Waals surface area contributed by atoms with Crippen molar-refractivity contribution in [2.24, 2.45) is 0 Å². The fraction of sp³-hybridized carbons (Fsp3) is 0.0714. The van der Waals surface area contributed by atoms with Crippen molar-refractivity contribution in [2.75, 3.05) is 0 Å². The molecule has 0 aliphatic heterocycles. The Morgan fingerprint density at radius 1 is 1.00 bits per heavy atom. The molecule has 0 spiro atoms. The van der Waals surface area contributed by atoms with Crippen molar-refractivity contribution < 1.29 is 18.0 Å². The Morgan fingerprint density at radius 2 is 1.68 bits per heavy atom. The minimum Gasteiger partial charge on any atom is -0.288 e. The summed E-state index contributed by atoms with van der Waals surface area (Å²) >= 11 is 5.76. The van der Waals surface area contributed by atoms with E-state index in [1.807, 2.05) is 0 Å². The molecule has 0 saturated heterocycles. The number of carbonyl (C=O) groups is 1. The van der Waals surface area contributed by atoms with Gasteiger partial charge in [0, 0.05) is 10.6 Å². The first-order chi connectivity index (χ1) is 8.91. The molecular weight excluding hydrogens is 277 g/mol. The average Bonchev–Trinajstić information content (AvgIpc) is 2.38. The molecule has 1 nitrogen and oxygen atoms in total. The Bertz CT molecular complexity index is 668. The van der Waals surface area contributed by atoms with Gasteiger partial charge in [0.2, 0.25) is 0 Å². The fourth-order valence-electron chi connectivity index (χ4n) is 1.69. The molecule has 0 N–H and O–H groups in total. The summed E-state index contributed by atoms with van der Waals surface area (Å²) in [5.41, 5.74) is 0.195. The summed E-state index contributed by atoms with van der Waals surface area (Å²) < 4.78 is 39.5. The molecule has 0 aromatic heterocycles. The van der Waals surface area contributed by atoms with Crippen molar-refractivity contribution in [2.45, 2.75) is 6.92 Å². The number of aryl methyl sites for hydroxylation is 1. The molecule has 0 atom stereocenters. The minimum atomic E-state index is -1.66. The Hall–Kier alpha value is -1.81. The Labute approximate surface area is 112 Å². The topological polar surface area (TPSA) is 17.1 Å². The van der Waals surface area contributed by atoms with Gasteiger partial charge in [-0.25, -0.2) is 13.2 Å². The standard InChI is InChI=1S/C14H8ClF3O/c1-7-2-3-8(15)6-10(7)14(19)9-4-5-11(16)13(18)12(9)17/h2-6H,1H3. The van der Waals surface area contributed by atoms with Crippen molar-refractivity contribution in [3.05, 3.63) is 69.5 Å². The molecule has 0 heterocycles. The highest BCUT2D eigenvalue weighted by Gasteiger charge is 2.21. The van der Waals surface area contributed by atoms with Gasteiger partial charge in [0.05, 0.1) is 5.56 Å². The molecule has 0 fully saturated rings.